The largest absolute Gasteiger partial charge is 0.368 e. The lowest BCUT2D eigenvalue weighted by atomic mass is 10.1. The number of hydrogen-bond acceptors (Lipinski definition) is 3. The van der Waals surface area contributed by atoms with Gasteiger partial charge in [-0.1, -0.05) is 48.5 Å². The van der Waals surface area contributed by atoms with Gasteiger partial charge in [0, 0.05) is 35.3 Å². The van der Waals surface area contributed by atoms with E-state index >= 15 is 0 Å². The van der Waals surface area contributed by atoms with Gasteiger partial charge in [0.05, 0.1) is 0 Å². The SMILES string of the molecule is N=Cc1cn(CC(=O)NC(Cc2ccccc2)C(N)=O)c2ccccc12. The fraction of sp³-hybridized carbons (Fsp3) is 0.150. The Morgan fingerprint density at radius 2 is 1.81 bits per heavy atom. The maximum Gasteiger partial charge on any atom is 0.240 e. The zero-order chi connectivity index (χ0) is 18.5. The van der Waals surface area contributed by atoms with E-state index in [1.807, 2.05) is 54.6 Å². The molecule has 0 bridgehead atoms. The minimum absolute atomic E-state index is 0.0485. The van der Waals surface area contributed by atoms with Gasteiger partial charge in [-0.3, -0.25) is 9.59 Å². The number of fused-ring (bicyclic) bond motifs is 1. The molecule has 6 heteroatoms. The van der Waals surface area contributed by atoms with E-state index in [1.165, 1.54) is 6.21 Å². The molecule has 0 fully saturated rings. The summed E-state index contributed by atoms with van der Waals surface area (Å²) in [5, 5.41) is 11.1. The van der Waals surface area contributed by atoms with Crippen molar-refractivity contribution >= 4 is 28.9 Å². The van der Waals surface area contributed by atoms with E-state index in [0.29, 0.717) is 6.42 Å². The molecule has 3 rings (SSSR count). The maximum absolute atomic E-state index is 12.5. The normalized spacial score (nSPS) is 11.8. The average Bonchev–Trinajstić information content (AvgIpc) is 3.00. The molecule has 2 aromatic carbocycles. The fourth-order valence-corrected chi connectivity index (χ4v) is 2.99. The van der Waals surface area contributed by atoms with Gasteiger partial charge >= 0.3 is 0 Å². The van der Waals surface area contributed by atoms with Crippen molar-refractivity contribution in [1.29, 1.82) is 5.41 Å². The first-order valence-electron chi connectivity index (χ1n) is 8.29. The van der Waals surface area contributed by atoms with Crippen molar-refractivity contribution in [3.8, 4) is 0 Å². The molecule has 0 saturated heterocycles. The lowest BCUT2D eigenvalue weighted by Gasteiger charge is -2.16. The van der Waals surface area contributed by atoms with Crippen molar-refractivity contribution < 1.29 is 9.59 Å². The first-order valence-corrected chi connectivity index (χ1v) is 8.29. The molecule has 0 spiro atoms. The molecule has 1 heterocycles. The van der Waals surface area contributed by atoms with Crippen molar-refractivity contribution in [2.24, 2.45) is 5.73 Å². The highest BCUT2D eigenvalue weighted by molar-refractivity contribution is 5.99. The number of hydrogen-bond donors (Lipinski definition) is 3. The van der Waals surface area contributed by atoms with Gasteiger partial charge in [0.15, 0.2) is 0 Å². The van der Waals surface area contributed by atoms with Gasteiger partial charge in [-0.2, -0.15) is 0 Å². The summed E-state index contributed by atoms with van der Waals surface area (Å²) < 4.78 is 1.77. The highest BCUT2D eigenvalue weighted by Gasteiger charge is 2.19. The van der Waals surface area contributed by atoms with Crippen LogP contribution < -0.4 is 11.1 Å². The van der Waals surface area contributed by atoms with Crippen LogP contribution in [0, 0.1) is 5.41 Å². The van der Waals surface area contributed by atoms with Gasteiger partial charge in [0.25, 0.3) is 0 Å². The van der Waals surface area contributed by atoms with Crippen LogP contribution in [0.1, 0.15) is 11.1 Å². The van der Waals surface area contributed by atoms with E-state index in [9.17, 15) is 9.59 Å². The minimum Gasteiger partial charge on any atom is -0.368 e. The van der Waals surface area contributed by atoms with E-state index in [2.05, 4.69) is 5.32 Å². The van der Waals surface area contributed by atoms with E-state index < -0.39 is 11.9 Å². The van der Waals surface area contributed by atoms with Crippen LogP contribution in [0.3, 0.4) is 0 Å². The maximum atomic E-state index is 12.5. The Hall–Kier alpha value is -3.41. The smallest absolute Gasteiger partial charge is 0.240 e. The summed E-state index contributed by atoms with van der Waals surface area (Å²) in [6.07, 6.45) is 3.37. The number of carbonyl (C=O) groups excluding carboxylic acids is 2. The zero-order valence-electron chi connectivity index (χ0n) is 14.2. The highest BCUT2D eigenvalue weighted by Crippen LogP contribution is 2.19. The molecule has 0 radical (unpaired) electrons. The zero-order valence-corrected chi connectivity index (χ0v) is 14.2. The number of carbonyl (C=O) groups is 2. The summed E-state index contributed by atoms with van der Waals surface area (Å²) in [6.45, 7) is 0.0485. The van der Waals surface area contributed by atoms with Crippen molar-refractivity contribution in [1.82, 2.24) is 9.88 Å². The average molecular weight is 348 g/mol. The van der Waals surface area contributed by atoms with Crippen LogP contribution in [0.15, 0.2) is 60.8 Å². The van der Waals surface area contributed by atoms with Crippen LogP contribution >= 0.6 is 0 Å². The first-order chi connectivity index (χ1) is 12.6. The van der Waals surface area contributed by atoms with Crippen LogP contribution in [-0.2, 0) is 22.6 Å². The van der Waals surface area contributed by atoms with Crippen LogP contribution in [0.4, 0.5) is 0 Å². The molecule has 0 aliphatic heterocycles. The Morgan fingerprint density at radius 1 is 1.12 bits per heavy atom. The van der Waals surface area contributed by atoms with Crippen LogP contribution in [0.25, 0.3) is 10.9 Å². The first kappa shape index (κ1) is 17.4. The number of aromatic nitrogens is 1. The number of amides is 2. The molecule has 1 aromatic heterocycles. The lowest BCUT2D eigenvalue weighted by Crippen LogP contribution is -2.46. The number of primary amides is 1. The number of para-hydroxylation sites is 1. The topological polar surface area (TPSA) is 101 Å². The van der Waals surface area contributed by atoms with Gasteiger partial charge in [-0.25, -0.2) is 0 Å². The summed E-state index contributed by atoms with van der Waals surface area (Å²) in [5.74, 6) is -0.873. The summed E-state index contributed by atoms with van der Waals surface area (Å²) in [6, 6.07) is 16.2. The van der Waals surface area contributed by atoms with Crippen molar-refractivity contribution in [2.45, 2.75) is 19.0 Å². The number of nitrogens with two attached hydrogens (primary N) is 1. The van der Waals surface area contributed by atoms with Crippen LogP contribution in [0.5, 0.6) is 0 Å². The third kappa shape index (κ3) is 3.80. The third-order valence-electron chi connectivity index (χ3n) is 4.25. The van der Waals surface area contributed by atoms with Gasteiger partial charge in [0.1, 0.15) is 12.6 Å². The second-order valence-electron chi connectivity index (χ2n) is 6.09. The standard InChI is InChI=1S/C20H20N4O2/c21-11-15-12-24(18-9-5-4-8-16(15)18)13-19(25)23-17(20(22)26)10-14-6-2-1-3-7-14/h1-9,11-12,17,21H,10,13H2,(H2,22,26)(H,23,25). The Bertz CT molecular complexity index is 947. The number of benzene rings is 2. The molecule has 1 unspecified atom stereocenters. The lowest BCUT2D eigenvalue weighted by molar-refractivity contribution is -0.127. The predicted molar refractivity (Wildman–Crippen MR) is 101 cm³/mol. The van der Waals surface area contributed by atoms with Crippen molar-refractivity contribution in [2.75, 3.05) is 0 Å². The Labute approximate surface area is 151 Å². The molecule has 4 N–H and O–H groups in total. The Kier molecular flexibility index (Phi) is 5.12. The molecule has 0 saturated carbocycles. The quantitative estimate of drug-likeness (QED) is 0.568. The van der Waals surface area contributed by atoms with Gasteiger partial charge < -0.3 is 21.0 Å². The highest BCUT2D eigenvalue weighted by atomic mass is 16.2. The second kappa shape index (κ2) is 7.65. The predicted octanol–water partition coefficient (Wildman–Crippen LogP) is 1.85. The van der Waals surface area contributed by atoms with Crippen molar-refractivity contribution in [3.63, 3.8) is 0 Å². The van der Waals surface area contributed by atoms with Crippen LogP contribution in [0.2, 0.25) is 0 Å². The minimum atomic E-state index is -0.770. The molecular weight excluding hydrogens is 328 g/mol. The molecule has 2 amide bonds. The molecule has 0 aliphatic rings. The molecule has 132 valence electrons. The molecule has 0 aliphatic carbocycles. The van der Waals surface area contributed by atoms with E-state index in [4.69, 9.17) is 11.1 Å². The van der Waals surface area contributed by atoms with Gasteiger partial charge in [-0.05, 0) is 11.6 Å². The third-order valence-corrected chi connectivity index (χ3v) is 4.25. The molecular formula is C20H20N4O2. The molecule has 26 heavy (non-hydrogen) atoms. The molecule has 3 aromatic rings. The van der Waals surface area contributed by atoms with E-state index in [1.54, 1.807) is 10.8 Å². The van der Waals surface area contributed by atoms with E-state index in [0.717, 1.165) is 22.0 Å². The summed E-state index contributed by atoms with van der Waals surface area (Å²) in [4.78, 5) is 24.2. The number of nitrogens with zero attached hydrogens (tertiary/aromatic N) is 1. The van der Waals surface area contributed by atoms with Crippen LogP contribution in [-0.4, -0.2) is 28.6 Å². The number of rotatable bonds is 7. The van der Waals surface area contributed by atoms with Crippen molar-refractivity contribution in [3.05, 3.63) is 71.9 Å². The summed E-state index contributed by atoms with van der Waals surface area (Å²) in [5.41, 5.74) is 7.98. The second-order valence-corrected chi connectivity index (χ2v) is 6.09. The monoisotopic (exact) mass is 348 g/mol. The summed E-state index contributed by atoms with van der Waals surface area (Å²) in [7, 11) is 0. The van der Waals surface area contributed by atoms with Gasteiger partial charge in [-0.15, -0.1) is 0 Å². The fourth-order valence-electron chi connectivity index (χ4n) is 2.99. The van der Waals surface area contributed by atoms with E-state index in [-0.39, 0.29) is 12.5 Å². The molecule has 6 nitrogen and oxygen atoms in total. The Morgan fingerprint density at radius 3 is 2.50 bits per heavy atom. The Balaban J connectivity index is 1.75. The summed E-state index contributed by atoms with van der Waals surface area (Å²) >= 11 is 0. The number of nitrogens with one attached hydrogen (secondary N) is 2. The molecule has 1 atom stereocenters. The van der Waals surface area contributed by atoms with Gasteiger partial charge in [0.2, 0.25) is 11.8 Å².